The van der Waals surface area contributed by atoms with E-state index < -0.39 is 17.4 Å². The second-order valence-corrected chi connectivity index (χ2v) is 9.98. The van der Waals surface area contributed by atoms with E-state index in [1.807, 2.05) is 51.1 Å². The molecule has 184 valence electrons. The average molecular weight is 497 g/mol. The van der Waals surface area contributed by atoms with Crippen LogP contribution < -0.4 is 10.6 Å². The highest BCUT2D eigenvalue weighted by molar-refractivity contribution is 7.13. The van der Waals surface area contributed by atoms with Crippen molar-refractivity contribution in [1.29, 1.82) is 0 Å². The van der Waals surface area contributed by atoms with Gasteiger partial charge < -0.3 is 15.5 Å². The molecule has 0 bridgehead atoms. The van der Waals surface area contributed by atoms with Gasteiger partial charge in [-0.15, -0.1) is 11.3 Å². The number of nitrogens with one attached hydrogen (secondary N) is 2. The summed E-state index contributed by atoms with van der Waals surface area (Å²) in [5.74, 6) is -1.55. The summed E-state index contributed by atoms with van der Waals surface area (Å²) in [6, 6.07) is 13.8. The second kappa shape index (κ2) is 11.7. The van der Waals surface area contributed by atoms with Crippen molar-refractivity contribution in [3.8, 4) is 0 Å². The van der Waals surface area contributed by atoms with Crippen LogP contribution in [0.4, 0.5) is 9.52 Å². The van der Waals surface area contributed by atoms with Gasteiger partial charge in [0.25, 0.3) is 0 Å². The number of carbonyl (C=O) groups is 3. The fraction of sp³-hybridized carbons (Fsp3) is 0.308. The lowest BCUT2D eigenvalue weighted by molar-refractivity contribution is -0.142. The quantitative estimate of drug-likeness (QED) is 0.450. The Kier molecular flexibility index (Phi) is 8.70. The maximum absolute atomic E-state index is 13.7. The number of hydrogen-bond acceptors (Lipinski definition) is 5. The number of halogens is 1. The number of carbonyl (C=O) groups excluding carboxylic acids is 3. The Balaban J connectivity index is 1.89. The van der Waals surface area contributed by atoms with Crippen molar-refractivity contribution in [1.82, 2.24) is 15.2 Å². The van der Waals surface area contributed by atoms with Gasteiger partial charge in [-0.1, -0.05) is 42.5 Å². The van der Waals surface area contributed by atoms with Crippen LogP contribution in [-0.4, -0.2) is 33.1 Å². The smallest absolute Gasteiger partial charge is 0.247 e. The first-order chi connectivity index (χ1) is 16.6. The van der Waals surface area contributed by atoms with Crippen molar-refractivity contribution < 1.29 is 18.8 Å². The minimum Gasteiger partial charge on any atom is -0.349 e. The lowest BCUT2D eigenvalue weighted by Crippen LogP contribution is -2.49. The number of anilines is 1. The van der Waals surface area contributed by atoms with E-state index in [1.165, 1.54) is 40.5 Å². The molecule has 3 rings (SSSR count). The van der Waals surface area contributed by atoms with E-state index in [2.05, 4.69) is 15.6 Å². The molecule has 0 aliphatic heterocycles. The molecule has 2 N–H and O–H groups in total. The third-order valence-corrected chi connectivity index (χ3v) is 5.69. The molecule has 9 heteroatoms. The lowest BCUT2D eigenvalue weighted by Gasteiger charge is -2.34. The van der Waals surface area contributed by atoms with Gasteiger partial charge in [0, 0.05) is 36.5 Å². The molecule has 0 spiro atoms. The Morgan fingerprint density at radius 1 is 1.03 bits per heavy atom. The molecule has 0 aliphatic rings. The Morgan fingerprint density at radius 3 is 2.31 bits per heavy atom. The number of benzene rings is 2. The third kappa shape index (κ3) is 7.99. The van der Waals surface area contributed by atoms with Crippen molar-refractivity contribution in [2.75, 3.05) is 5.32 Å². The standard InChI is InChI=1S/C26H29FN4O3S/c1-26(2,3)30-24(34)23(19-9-11-20(27)12-10-19)31(17-18-7-5-4-6-8-18)22(33)14-13-21(32)29-25-28-15-16-35-25/h4-12,15-16,23H,13-14,17H2,1-3H3,(H,30,34)(H,28,29,32)/t23-/m1/s1. The normalized spacial score (nSPS) is 12.0. The molecular formula is C26H29FN4O3S. The summed E-state index contributed by atoms with van der Waals surface area (Å²) in [7, 11) is 0. The Labute approximate surface area is 208 Å². The first-order valence-electron chi connectivity index (χ1n) is 11.2. The molecule has 0 saturated heterocycles. The van der Waals surface area contributed by atoms with Crippen LogP contribution in [-0.2, 0) is 20.9 Å². The summed E-state index contributed by atoms with van der Waals surface area (Å²) in [5, 5.41) is 7.79. The van der Waals surface area contributed by atoms with Crippen LogP contribution in [0.2, 0.25) is 0 Å². The molecule has 0 saturated carbocycles. The maximum atomic E-state index is 13.7. The fourth-order valence-corrected chi connectivity index (χ4v) is 4.04. The summed E-state index contributed by atoms with van der Waals surface area (Å²) in [6.45, 7) is 5.68. The van der Waals surface area contributed by atoms with E-state index in [9.17, 15) is 18.8 Å². The molecule has 0 fully saturated rings. The van der Waals surface area contributed by atoms with Crippen LogP contribution in [0.1, 0.15) is 50.8 Å². The number of aromatic nitrogens is 1. The van der Waals surface area contributed by atoms with Crippen LogP contribution in [0.3, 0.4) is 0 Å². The second-order valence-electron chi connectivity index (χ2n) is 9.09. The third-order valence-electron chi connectivity index (χ3n) is 5.00. The van der Waals surface area contributed by atoms with E-state index in [0.29, 0.717) is 10.7 Å². The van der Waals surface area contributed by atoms with E-state index in [1.54, 1.807) is 11.6 Å². The minimum atomic E-state index is -1.01. The Hall–Kier alpha value is -3.59. The van der Waals surface area contributed by atoms with E-state index in [0.717, 1.165) is 5.56 Å². The zero-order valence-corrected chi connectivity index (χ0v) is 20.8. The van der Waals surface area contributed by atoms with Gasteiger partial charge in [-0.05, 0) is 44.0 Å². The highest BCUT2D eigenvalue weighted by Gasteiger charge is 2.33. The average Bonchev–Trinajstić information content (AvgIpc) is 3.31. The zero-order chi connectivity index (χ0) is 25.4. The van der Waals surface area contributed by atoms with E-state index in [4.69, 9.17) is 0 Å². The van der Waals surface area contributed by atoms with E-state index in [-0.39, 0.29) is 37.1 Å². The molecule has 3 amide bonds. The van der Waals surface area contributed by atoms with Gasteiger partial charge in [-0.3, -0.25) is 14.4 Å². The van der Waals surface area contributed by atoms with E-state index >= 15 is 0 Å². The van der Waals surface area contributed by atoms with Crippen molar-refractivity contribution in [2.45, 2.75) is 51.7 Å². The largest absolute Gasteiger partial charge is 0.349 e. The highest BCUT2D eigenvalue weighted by Crippen LogP contribution is 2.26. The monoisotopic (exact) mass is 496 g/mol. The number of nitrogens with zero attached hydrogens (tertiary/aromatic N) is 2. The molecular weight excluding hydrogens is 467 g/mol. The molecule has 3 aromatic rings. The van der Waals surface area contributed by atoms with Crippen molar-refractivity contribution in [2.24, 2.45) is 0 Å². The zero-order valence-electron chi connectivity index (χ0n) is 20.0. The molecule has 7 nitrogen and oxygen atoms in total. The summed E-state index contributed by atoms with van der Waals surface area (Å²) >= 11 is 1.28. The molecule has 1 heterocycles. The van der Waals surface area contributed by atoms with Gasteiger partial charge >= 0.3 is 0 Å². The molecule has 1 atom stereocenters. The topological polar surface area (TPSA) is 91.4 Å². The predicted octanol–water partition coefficient (Wildman–Crippen LogP) is 4.69. The highest BCUT2D eigenvalue weighted by atomic mass is 32.1. The van der Waals surface area contributed by atoms with Gasteiger partial charge in [0.15, 0.2) is 5.13 Å². The van der Waals surface area contributed by atoms with Gasteiger partial charge in [0.05, 0.1) is 0 Å². The van der Waals surface area contributed by atoms with Crippen molar-refractivity contribution in [3.63, 3.8) is 0 Å². The summed E-state index contributed by atoms with van der Waals surface area (Å²) in [4.78, 5) is 44.7. The lowest BCUT2D eigenvalue weighted by atomic mass is 10.00. The fourth-order valence-electron chi connectivity index (χ4n) is 3.49. The first kappa shape index (κ1) is 26.0. The molecule has 0 radical (unpaired) electrons. The van der Waals surface area contributed by atoms with Gasteiger partial charge in [-0.25, -0.2) is 9.37 Å². The van der Waals surface area contributed by atoms with Crippen LogP contribution in [0, 0.1) is 5.82 Å². The van der Waals surface area contributed by atoms with Crippen molar-refractivity contribution in [3.05, 3.63) is 83.1 Å². The Bertz CT molecular complexity index is 1130. The predicted molar refractivity (Wildman–Crippen MR) is 134 cm³/mol. The van der Waals surface area contributed by atoms with Crippen LogP contribution in [0.25, 0.3) is 0 Å². The van der Waals surface area contributed by atoms with Gasteiger partial charge in [0.2, 0.25) is 17.7 Å². The number of rotatable bonds is 9. The number of hydrogen-bond donors (Lipinski definition) is 2. The van der Waals surface area contributed by atoms with Crippen LogP contribution in [0.15, 0.2) is 66.2 Å². The number of amides is 3. The summed E-state index contributed by atoms with van der Waals surface area (Å²) in [6.07, 6.45) is 1.40. The maximum Gasteiger partial charge on any atom is 0.247 e. The SMILES string of the molecule is CC(C)(C)NC(=O)[C@@H](c1ccc(F)cc1)N(Cc1ccccc1)C(=O)CCC(=O)Nc1nccs1. The summed E-state index contributed by atoms with van der Waals surface area (Å²) in [5.41, 5.74) is 0.748. The molecule has 35 heavy (non-hydrogen) atoms. The van der Waals surface area contributed by atoms with Crippen LogP contribution in [0.5, 0.6) is 0 Å². The van der Waals surface area contributed by atoms with Crippen molar-refractivity contribution >= 4 is 34.2 Å². The first-order valence-corrected chi connectivity index (χ1v) is 12.1. The molecule has 2 aromatic carbocycles. The summed E-state index contributed by atoms with van der Waals surface area (Å²) < 4.78 is 13.7. The van der Waals surface area contributed by atoms with Gasteiger partial charge in [-0.2, -0.15) is 0 Å². The molecule has 0 unspecified atom stereocenters. The van der Waals surface area contributed by atoms with Gasteiger partial charge in [0.1, 0.15) is 11.9 Å². The molecule has 0 aliphatic carbocycles. The minimum absolute atomic E-state index is 0.0687. The number of thiazole rings is 1. The van der Waals surface area contributed by atoms with Crippen LogP contribution >= 0.6 is 11.3 Å². The Morgan fingerprint density at radius 2 is 1.71 bits per heavy atom. The molecule has 1 aromatic heterocycles.